The van der Waals surface area contributed by atoms with Crippen LogP contribution in [0.4, 0.5) is 0 Å². The van der Waals surface area contributed by atoms with Crippen LogP contribution < -0.4 is 24.4 Å². The Morgan fingerprint density at radius 1 is 1.00 bits per heavy atom. The van der Waals surface area contributed by atoms with Crippen LogP contribution in [0.2, 0.25) is 10.0 Å². The van der Waals surface area contributed by atoms with Crippen molar-refractivity contribution in [1.29, 1.82) is 0 Å². The van der Waals surface area contributed by atoms with E-state index in [-0.39, 0.29) is 17.7 Å². The molecule has 11 heteroatoms. The third-order valence-electron chi connectivity index (χ3n) is 7.19. The minimum atomic E-state index is -0.880. The van der Waals surface area contributed by atoms with Crippen LogP contribution in [0, 0.1) is 0 Å². The Kier molecular flexibility index (Phi) is 8.67. The van der Waals surface area contributed by atoms with Gasteiger partial charge in [-0.1, -0.05) is 70.9 Å². The van der Waals surface area contributed by atoms with Crippen LogP contribution in [-0.2, 0) is 9.53 Å². The molecule has 3 heterocycles. The van der Waals surface area contributed by atoms with Crippen LogP contribution in [0.1, 0.15) is 29.9 Å². The largest absolute Gasteiger partial charge is 0.493 e. The number of hydrogen-bond donors (Lipinski definition) is 0. The molecule has 5 aromatic rings. The number of carbonyl (C=O) groups is 1. The van der Waals surface area contributed by atoms with Gasteiger partial charge < -0.3 is 18.6 Å². The first-order chi connectivity index (χ1) is 21.8. The zero-order valence-corrected chi connectivity index (χ0v) is 26.7. The van der Waals surface area contributed by atoms with Gasteiger partial charge in [0.05, 0.1) is 47.7 Å². The molecule has 0 aliphatic carbocycles. The lowest BCUT2D eigenvalue weighted by molar-refractivity contribution is -0.138. The normalized spacial score (nSPS) is 14.6. The lowest BCUT2D eigenvalue weighted by Gasteiger charge is -2.26. The number of methoxy groups -OCH3 is 2. The first kappa shape index (κ1) is 30.5. The highest BCUT2D eigenvalue weighted by atomic mass is 35.5. The molecule has 6 rings (SSSR count). The van der Waals surface area contributed by atoms with Gasteiger partial charge in [-0.3, -0.25) is 9.36 Å². The maximum Gasteiger partial charge on any atom is 0.338 e. The maximum absolute atomic E-state index is 14.2. The molecule has 0 radical (unpaired) electrons. The van der Waals surface area contributed by atoms with Gasteiger partial charge >= 0.3 is 5.97 Å². The number of esters is 1. The summed E-state index contributed by atoms with van der Waals surface area (Å²) in [7, 11) is 3.07. The number of thiazole rings is 1. The van der Waals surface area contributed by atoms with E-state index in [4.69, 9.17) is 46.8 Å². The number of hydrogen-bond acceptors (Lipinski definition) is 8. The minimum absolute atomic E-state index is 0.144. The second-order valence-corrected chi connectivity index (χ2v) is 11.7. The molecule has 0 N–H and O–H groups in total. The number of fused-ring (bicyclic) bond motifs is 1. The molecule has 0 saturated heterocycles. The van der Waals surface area contributed by atoms with Gasteiger partial charge in [-0.15, -0.1) is 0 Å². The van der Waals surface area contributed by atoms with E-state index in [2.05, 4.69) is 0 Å². The Labute approximate surface area is 272 Å². The highest BCUT2D eigenvalue weighted by Gasteiger charge is 2.35. The van der Waals surface area contributed by atoms with E-state index in [1.54, 1.807) is 68.6 Å². The number of benzene rings is 3. The monoisotopic (exact) mass is 660 g/mol. The molecule has 1 aliphatic rings. The number of nitrogens with zero attached hydrogens (tertiary/aromatic N) is 2. The summed E-state index contributed by atoms with van der Waals surface area (Å²) in [5, 5.41) is 0.997. The van der Waals surface area contributed by atoms with Crippen LogP contribution in [0.25, 0.3) is 23.1 Å². The molecule has 45 heavy (non-hydrogen) atoms. The summed E-state index contributed by atoms with van der Waals surface area (Å²) in [6.45, 7) is 1.88. The summed E-state index contributed by atoms with van der Waals surface area (Å²) in [6, 6.07) is 22.4. The fourth-order valence-electron chi connectivity index (χ4n) is 5.17. The van der Waals surface area contributed by atoms with Crippen molar-refractivity contribution >= 4 is 52.3 Å². The van der Waals surface area contributed by atoms with Crippen LogP contribution in [-0.4, -0.2) is 31.4 Å². The second kappa shape index (κ2) is 12.8. The van der Waals surface area contributed by atoms with E-state index in [0.29, 0.717) is 64.8 Å². The summed E-state index contributed by atoms with van der Waals surface area (Å²) in [6.07, 6.45) is 1.65. The second-order valence-electron chi connectivity index (χ2n) is 9.87. The minimum Gasteiger partial charge on any atom is -0.493 e. The van der Waals surface area contributed by atoms with Gasteiger partial charge in [-0.25, -0.2) is 9.79 Å². The molecule has 8 nitrogen and oxygen atoms in total. The first-order valence-electron chi connectivity index (χ1n) is 13.9. The number of furan rings is 1. The van der Waals surface area contributed by atoms with Crippen molar-refractivity contribution in [3.05, 3.63) is 131 Å². The van der Waals surface area contributed by atoms with E-state index >= 15 is 0 Å². The zero-order valence-electron chi connectivity index (χ0n) is 24.4. The van der Waals surface area contributed by atoms with Crippen molar-refractivity contribution in [2.24, 2.45) is 4.99 Å². The Morgan fingerprint density at radius 2 is 1.78 bits per heavy atom. The predicted molar refractivity (Wildman–Crippen MR) is 175 cm³/mol. The number of halogens is 2. The molecule has 3 aromatic carbocycles. The molecule has 0 bridgehead atoms. The van der Waals surface area contributed by atoms with E-state index in [0.717, 1.165) is 0 Å². The number of carbonyl (C=O) groups excluding carboxylic acids is 1. The average Bonchev–Trinajstić information content (AvgIpc) is 3.65. The van der Waals surface area contributed by atoms with Crippen LogP contribution in [0.15, 0.2) is 98.6 Å². The molecule has 0 fully saturated rings. The summed E-state index contributed by atoms with van der Waals surface area (Å²) in [4.78, 5) is 33.2. The standard InChI is InChI=1S/C34H26Cl2N2O6S/c1-4-43-33(40)29-30(19-8-6-5-7-9-19)37-34-38(31(29)20-10-14-26(41-2)27(16-20)42-3)32(39)28(45-34)18-22-12-15-25(44-22)23-17-21(35)11-13-24(23)36/h5-18,31H,4H2,1-3H3/b28-18-/t31-/m1/s1. The Hall–Kier alpha value is -4.57. The maximum atomic E-state index is 14.2. The molecule has 2 aromatic heterocycles. The van der Waals surface area contributed by atoms with Gasteiger partial charge in [0.2, 0.25) is 0 Å². The van der Waals surface area contributed by atoms with E-state index < -0.39 is 12.0 Å². The van der Waals surface area contributed by atoms with Crippen LogP contribution in [0.3, 0.4) is 0 Å². The molecular weight excluding hydrogens is 635 g/mol. The Bertz CT molecular complexity index is 2130. The van der Waals surface area contributed by atoms with Gasteiger partial charge in [-0.05, 0) is 55.0 Å². The summed E-state index contributed by atoms with van der Waals surface area (Å²) < 4.78 is 24.5. The summed E-state index contributed by atoms with van der Waals surface area (Å²) >= 11 is 13.8. The third-order valence-corrected chi connectivity index (χ3v) is 8.74. The zero-order chi connectivity index (χ0) is 31.7. The van der Waals surface area contributed by atoms with Gasteiger partial charge in [0, 0.05) is 22.2 Å². The molecule has 0 saturated carbocycles. The predicted octanol–water partition coefficient (Wildman–Crippen LogP) is 6.52. The Balaban J connectivity index is 1.58. The number of rotatable bonds is 8. The molecular formula is C34H26Cl2N2O6S. The fourth-order valence-corrected chi connectivity index (χ4v) is 6.53. The van der Waals surface area contributed by atoms with Crippen molar-refractivity contribution in [2.45, 2.75) is 13.0 Å². The van der Waals surface area contributed by atoms with Gasteiger partial charge in [0.15, 0.2) is 16.3 Å². The van der Waals surface area contributed by atoms with Crippen molar-refractivity contribution in [3.8, 4) is 22.8 Å². The van der Waals surface area contributed by atoms with Crippen molar-refractivity contribution in [1.82, 2.24) is 4.57 Å². The molecule has 1 atom stereocenters. The van der Waals surface area contributed by atoms with Gasteiger partial charge in [0.25, 0.3) is 5.56 Å². The fraction of sp³-hybridized carbons (Fsp3) is 0.147. The van der Waals surface area contributed by atoms with Crippen molar-refractivity contribution in [3.63, 3.8) is 0 Å². The van der Waals surface area contributed by atoms with E-state index in [1.807, 2.05) is 30.3 Å². The lowest BCUT2D eigenvalue weighted by atomic mass is 9.93. The van der Waals surface area contributed by atoms with Crippen molar-refractivity contribution < 1.29 is 23.4 Å². The topological polar surface area (TPSA) is 92.3 Å². The Morgan fingerprint density at radius 3 is 2.51 bits per heavy atom. The highest BCUT2D eigenvalue weighted by molar-refractivity contribution is 7.07. The lowest BCUT2D eigenvalue weighted by Crippen LogP contribution is -2.40. The van der Waals surface area contributed by atoms with E-state index in [1.165, 1.54) is 23.0 Å². The molecule has 228 valence electrons. The molecule has 0 unspecified atom stereocenters. The van der Waals surface area contributed by atoms with Crippen molar-refractivity contribution in [2.75, 3.05) is 20.8 Å². The molecule has 1 aliphatic heterocycles. The molecule has 0 amide bonds. The van der Waals surface area contributed by atoms with Gasteiger partial charge in [0.1, 0.15) is 11.5 Å². The van der Waals surface area contributed by atoms with E-state index in [9.17, 15) is 9.59 Å². The summed E-state index contributed by atoms with van der Waals surface area (Å²) in [5.74, 6) is 1.30. The van der Waals surface area contributed by atoms with Crippen LogP contribution >= 0.6 is 34.5 Å². The third kappa shape index (κ3) is 5.82. The smallest absolute Gasteiger partial charge is 0.338 e. The van der Waals surface area contributed by atoms with Gasteiger partial charge in [-0.2, -0.15) is 0 Å². The first-order valence-corrected chi connectivity index (χ1v) is 15.5. The number of ether oxygens (including phenoxy) is 3. The quantitative estimate of drug-likeness (QED) is 0.176. The SMILES string of the molecule is CCOC(=O)C1=C(c2ccccc2)N=c2s/c(=C\c3ccc(-c4cc(Cl)ccc4Cl)o3)c(=O)n2[C@@H]1c1ccc(OC)c(OC)c1. The highest BCUT2D eigenvalue weighted by Crippen LogP contribution is 2.38. The average molecular weight is 662 g/mol. The summed E-state index contributed by atoms with van der Waals surface area (Å²) in [5.41, 5.74) is 2.24. The molecule has 0 spiro atoms. The van der Waals surface area contributed by atoms with Crippen LogP contribution in [0.5, 0.6) is 11.5 Å². The number of aromatic nitrogens is 1.